The highest BCUT2D eigenvalue weighted by molar-refractivity contribution is 9.10. The van der Waals surface area contributed by atoms with E-state index in [1.807, 2.05) is 24.3 Å². The summed E-state index contributed by atoms with van der Waals surface area (Å²) in [5, 5.41) is 13.4. The van der Waals surface area contributed by atoms with Crippen LogP contribution < -0.4 is 10.2 Å². The second-order valence-corrected chi connectivity index (χ2v) is 7.92. The molecule has 1 aliphatic heterocycles. The van der Waals surface area contributed by atoms with Crippen molar-refractivity contribution in [1.82, 2.24) is 20.3 Å². The highest BCUT2D eigenvalue weighted by atomic mass is 79.9. The minimum absolute atomic E-state index is 0.00517. The zero-order valence-electron chi connectivity index (χ0n) is 15.7. The first-order chi connectivity index (χ1) is 14.1. The summed E-state index contributed by atoms with van der Waals surface area (Å²) in [6.45, 7) is 1.75. The molecule has 0 bridgehead atoms. The van der Waals surface area contributed by atoms with Crippen LogP contribution in [0.5, 0.6) is 0 Å². The molecule has 3 aromatic rings. The lowest BCUT2D eigenvalue weighted by Crippen LogP contribution is -2.43. The van der Waals surface area contributed by atoms with Gasteiger partial charge in [0.1, 0.15) is 5.82 Å². The highest BCUT2D eigenvalue weighted by Gasteiger charge is 2.27. The minimum atomic E-state index is -0.131. The molecule has 1 fully saturated rings. The molecule has 7 nitrogen and oxygen atoms in total. The predicted molar refractivity (Wildman–Crippen MR) is 113 cm³/mol. The number of benzene rings is 1. The number of piperidine rings is 1. The van der Waals surface area contributed by atoms with Crippen LogP contribution in [0.3, 0.4) is 0 Å². The Bertz CT molecular complexity index is 1080. The van der Waals surface area contributed by atoms with Crippen LogP contribution in [0, 0.1) is 17.2 Å². The highest BCUT2D eigenvalue weighted by Crippen LogP contribution is 2.28. The molecule has 146 valence electrons. The van der Waals surface area contributed by atoms with Gasteiger partial charge in [-0.3, -0.25) is 14.8 Å². The maximum Gasteiger partial charge on any atom is 0.225 e. The van der Waals surface area contributed by atoms with E-state index in [4.69, 9.17) is 4.98 Å². The molecule has 0 aliphatic carbocycles. The van der Waals surface area contributed by atoms with Crippen molar-refractivity contribution < 1.29 is 4.79 Å². The zero-order chi connectivity index (χ0) is 20.2. The third kappa shape index (κ3) is 4.35. The van der Waals surface area contributed by atoms with Crippen molar-refractivity contribution in [2.24, 2.45) is 5.92 Å². The molecule has 1 atom stereocenters. The number of hydrogen-bond acceptors (Lipinski definition) is 6. The molecule has 2 aromatic heterocycles. The predicted octanol–water partition coefficient (Wildman–Crippen LogP) is 3.19. The first-order valence-electron chi connectivity index (χ1n) is 9.42. The Labute approximate surface area is 176 Å². The Kier molecular flexibility index (Phi) is 5.67. The van der Waals surface area contributed by atoms with Crippen LogP contribution in [-0.2, 0) is 11.3 Å². The molecule has 0 radical (unpaired) electrons. The van der Waals surface area contributed by atoms with Crippen molar-refractivity contribution >= 4 is 38.6 Å². The van der Waals surface area contributed by atoms with Crippen molar-refractivity contribution in [3.8, 4) is 6.07 Å². The molecule has 1 aliphatic rings. The fraction of sp³-hybridized carbons (Fsp3) is 0.286. The number of nitriles is 1. The average Bonchev–Trinajstić information content (AvgIpc) is 2.77. The number of rotatable bonds is 4. The molecular weight excluding hydrogens is 432 g/mol. The Balaban J connectivity index is 1.50. The van der Waals surface area contributed by atoms with Gasteiger partial charge in [-0.1, -0.05) is 15.9 Å². The van der Waals surface area contributed by atoms with Gasteiger partial charge < -0.3 is 10.2 Å². The normalized spacial score (nSPS) is 16.4. The maximum absolute atomic E-state index is 12.7. The summed E-state index contributed by atoms with van der Waals surface area (Å²) in [7, 11) is 0. The zero-order valence-corrected chi connectivity index (χ0v) is 17.3. The Morgan fingerprint density at radius 2 is 2.24 bits per heavy atom. The number of fused-ring (bicyclic) bond motifs is 1. The fourth-order valence-electron chi connectivity index (χ4n) is 3.58. The largest absolute Gasteiger partial charge is 0.356 e. The van der Waals surface area contributed by atoms with E-state index in [0.717, 1.165) is 46.3 Å². The molecule has 0 unspecified atom stereocenters. The number of halogens is 1. The number of anilines is 1. The molecule has 0 saturated carbocycles. The molecule has 29 heavy (non-hydrogen) atoms. The summed E-state index contributed by atoms with van der Waals surface area (Å²) in [6, 6.07) is 9.81. The summed E-state index contributed by atoms with van der Waals surface area (Å²) in [5.74, 6) is 0.613. The van der Waals surface area contributed by atoms with E-state index < -0.39 is 0 Å². The maximum atomic E-state index is 12.7. The lowest BCUT2D eigenvalue weighted by atomic mass is 9.97. The number of aromatic nitrogens is 3. The third-order valence-corrected chi connectivity index (χ3v) is 5.55. The summed E-state index contributed by atoms with van der Waals surface area (Å²) in [5.41, 5.74) is 2.09. The molecule has 8 heteroatoms. The molecule has 3 heterocycles. The summed E-state index contributed by atoms with van der Waals surface area (Å²) in [6.07, 6.45) is 6.59. The van der Waals surface area contributed by atoms with Gasteiger partial charge in [-0.25, -0.2) is 4.98 Å². The van der Waals surface area contributed by atoms with Crippen LogP contribution in [0.2, 0.25) is 0 Å². The second-order valence-electron chi connectivity index (χ2n) is 7.00. The quantitative estimate of drug-likeness (QED) is 0.655. The van der Waals surface area contributed by atoms with Crippen LogP contribution in [0.25, 0.3) is 10.9 Å². The Morgan fingerprint density at radius 3 is 3.03 bits per heavy atom. The average molecular weight is 451 g/mol. The topological polar surface area (TPSA) is 94.8 Å². The van der Waals surface area contributed by atoms with Gasteiger partial charge in [0.2, 0.25) is 5.91 Å². The van der Waals surface area contributed by atoms with Crippen molar-refractivity contribution in [2.45, 2.75) is 19.4 Å². The first kappa shape index (κ1) is 19.3. The lowest BCUT2D eigenvalue weighted by molar-refractivity contribution is -0.125. The molecule has 1 saturated heterocycles. The van der Waals surface area contributed by atoms with Gasteiger partial charge >= 0.3 is 0 Å². The number of carbonyl (C=O) groups is 1. The number of nitrogens with zero attached hydrogens (tertiary/aromatic N) is 5. The van der Waals surface area contributed by atoms with Gasteiger partial charge in [0.05, 0.1) is 41.5 Å². The summed E-state index contributed by atoms with van der Waals surface area (Å²) < 4.78 is 0.911. The molecule has 4 rings (SSSR count). The summed E-state index contributed by atoms with van der Waals surface area (Å²) in [4.78, 5) is 27.7. The number of hydrogen-bond donors (Lipinski definition) is 1. The van der Waals surface area contributed by atoms with Crippen molar-refractivity contribution in [3.05, 3.63) is 58.6 Å². The van der Waals surface area contributed by atoms with E-state index in [2.05, 4.69) is 42.2 Å². The first-order valence-corrected chi connectivity index (χ1v) is 10.2. The SMILES string of the molecule is N#Cc1cc(N2CCC[C@@H](C(=O)NCc3cnccn3)C2)nc2ccc(Br)cc12. The van der Waals surface area contributed by atoms with Crippen LogP contribution >= 0.6 is 15.9 Å². The summed E-state index contributed by atoms with van der Waals surface area (Å²) >= 11 is 3.45. The molecule has 0 spiro atoms. The van der Waals surface area contributed by atoms with Crippen LogP contribution in [0.1, 0.15) is 24.1 Å². The van der Waals surface area contributed by atoms with E-state index in [1.165, 1.54) is 0 Å². The van der Waals surface area contributed by atoms with Crippen LogP contribution in [0.4, 0.5) is 5.82 Å². The van der Waals surface area contributed by atoms with Gasteiger partial charge in [-0.2, -0.15) is 5.26 Å². The fourth-order valence-corrected chi connectivity index (χ4v) is 3.94. The monoisotopic (exact) mass is 450 g/mol. The van der Waals surface area contributed by atoms with E-state index in [9.17, 15) is 10.1 Å². The van der Waals surface area contributed by atoms with Crippen LogP contribution in [0.15, 0.2) is 47.3 Å². The molecular formula is C21H19BrN6O. The van der Waals surface area contributed by atoms with E-state index in [0.29, 0.717) is 18.7 Å². The Hall–Kier alpha value is -3.05. The van der Waals surface area contributed by atoms with Crippen molar-refractivity contribution in [2.75, 3.05) is 18.0 Å². The van der Waals surface area contributed by atoms with Gasteiger partial charge in [-0.15, -0.1) is 0 Å². The number of nitrogens with one attached hydrogen (secondary N) is 1. The van der Waals surface area contributed by atoms with Crippen LogP contribution in [-0.4, -0.2) is 33.9 Å². The smallest absolute Gasteiger partial charge is 0.225 e. The number of amides is 1. The van der Waals surface area contributed by atoms with E-state index in [1.54, 1.807) is 18.6 Å². The number of pyridine rings is 1. The molecule has 1 amide bonds. The standard InChI is InChI=1S/C21H19BrN6O/c22-16-3-4-19-18(9-16)15(10-23)8-20(27-19)28-7-1-2-14(13-28)21(29)26-12-17-11-24-5-6-25-17/h3-6,8-9,11,14H,1-2,7,12-13H2,(H,26,29)/t14-/m1/s1. The van der Waals surface area contributed by atoms with Gasteiger partial charge in [0.25, 0.3) is 0 Å². The van der Waals surface area contributed by atoms with Crippen molar-refractivity contribution in [3.63, 3.8) is 0 Å². The van der Waals surface area contributed by atoms with Gasteiger partial charge in [0, 0.05) is 35.3 Å². The van der Waals surface area contributed by atoms with E-state index >= 15 is 0 Å². The number of carbonyl (C=O) groups excluding carboxylic acids is 1. The molecule has 1 N–H and O–H groups in total. The molecule has 1 aromatic carbocycles. The third-order valence-electron chi connectivity index (χ3n) is 5.05. The lowest BCUT2D eigenvalue weighted by Gasteiger charge is -2.33. The van der Waals surface area contributed by atoms with Gasteiger partial charge in [0.15, 0.2) is 0 Å². The van der Waals surface area contributed by atoms with E-state index in [-0.39, 0.29) is 11.8 Å². The second kappa shape index (κ2) is 8.53. The minimum Gasteiger partial charge on any atom is -0.356 e. The van der Waals surface area contributed by atoms with Gasteiger partial charge in [-0.05, 0) is 37.1 Å². The van der Waals surface area contributed by atoms with Crippen molar-refractivity contribution in [1.29, 1.82) is 5.26 Å². The Morgan fingerprint density at radius 1 is 1.34 bits per heavy atom.